The Morgan fingerprint density at radius 1 is 1.23 bits per heavy atom. The van der Waals surface area contributed by atoms with Gasteiger partial charge in [0.25, 0.3) is 11.8 Å². The van der Waals surface area contributed by atoms with Crippen LogP contribution in [-0.2, 0) is 4.79 Å². The minimum Gasteiger partial charge on any atom is -0.391 e. The number of rotatable bonds is 5. The Balaban J connectivity index is 2.95. The fourth-order valence-electron chi connectivity index (χ4n) is 1.56. The summed E-state index contributed by atoms with van der Waals surface area (Å²) in [5, 5.41) is 20.0. The maximum Gasteiger partial charge on any atom is 0.268 e. The van der Waals surface area contributed by atoms with Gasteiger partial charge in [0.2, 0.25) is 0 Å². The molecule has 0 unspecified atom stereocenters. The van der Waals surface area contributed by atoms with Crippen molar-refractivity contribution < 1.29 is 31.6 Å². The first-order valence-corrected chi connectivity index (χ1v) is 7.82. The van der Waals surface area contributed by atoms with Crippen LogP contribution in [0, 0.1) is 0 Å². The van der Waals surface area contributed by atoms with Crippen molar-refractivity contribution in [1.29, 1.82) is 0 Å². The van der Waals surface area contributed by atoms with E-state index in [0.717, 1.165) is 12.1 Å². The van der Waals surface area contributed by atoms with Crippen molar-refractivity contribution >= 4 is 27.6 Å². The summed E-state index contributed by atoms with van der Waals surface area (Å²) < 4.78 is 39.2. The number of carbonyl (C=O) groups excluding carboxylic acids is 2. The highest BCUT2D eigenvalue weighted by molar-refractivity contribution is 8.34. The summed E-state index contributed by atoms with van der Waals surface area (Å²) in [6.45, 7) is 1.20. The highest BCUT2D eigenvalue weighted by Crippen LogP contribution is 2.68. The number of halogens is 3. The molecule has 0 aliphatic carbocycles. The summed E-state index contributed by atoms with van der Waals surface area (Å²) >= 11 is 0. The molecule has 1 rings (SSSR count). The molecule has 0 spiro atoms. The molecule has 0 aliphatic heterocycles. The SMILES string of the molecule is C=S(F)(F)(F)c1ccc(C(=O)N[C@H](C(=O)NO)[C@@H](C)O)cc1. The van der Waals surface area contributed by atoms with Crippen molar-refractivity contribution in [2.45, 2.75) is 24.0 Å². The molecule has 0 aliphatic rings. The summed E-state index contributed by atoms with van der Waals surface area (Å²) in [5.74, 6) is 0.314. The van der Waals surface area contributed by atoms with Crippen molar-refractivity contribution in [2.24, 2.45) is 0 Å². The quantitative estimate of drug-likeness (QED) is 0.370. The van der Waals surface area contributed by atoms with Crippen molar-refractivity contribution in [3.05, 3.63) is 29.8 Å². The number of aliphatic hydroxyl groups excluding tert-OH is 1. The van der Waals surface area contributed by atoms with Gasteiger partial charge in [-0.05, 0) is 37.1 Å². The molecule has 2 amide bonds. The van der Waals surface area contributed by atoms with Crippen LogP contribution in [-0.4, -0.2) is 40.1 Å². The van der Waals surface area contributed by atoms with E-state index in [4.69, 9.17) is 5.21 Å². The van der Waals surface area contributed by atoms with E-state index in [0.29, 0.717) is 12.1 Å². The Morgan fingerprint density at radius 3 is 2.09 bits per heavy atom. The summed E-state index contributed by atoms with van der Waals surface area (Å²) in [4.78, 5) is 22.2. The molecule has 0 radical (unpaired) electrons. The molecule has 4 N–H and O–H groups in total. The Morgan fingerprint density at radius 2 is 1.73 bits per heavy atom. The molecule has 0 aromatic heterocycles. The van der Waals surface area contributed by atoms with Crippen LogP contribution in [0.2, 0.25) is 0 Å². The number of carbonyl (C=O) groups is 2. The molecule has 0 heterocycles. The van der Waals surface area contributed by atoms with Gasteiger partial charge in [0.1, 0.15) is 6.04 Å². The van der Waals surface area contributed by atoms with E-state index >= 15 is 0 Å². The van der Waals surface area contributed by atoms with E-state index in [-0.39, 0.29) is 5.56 Å². The molecule has 1 aromatic carbocycles. The zero-order valence-corrected chi connectivity index (χ0v) is 12.2. The van der Waals surface area contributed by atoms with Gasteiger partial charge in [0.05, 0.1) is 11.0 Å². The number of hydrogen-bond acceptors (Lipinski definition) is 4. The largest absolute Gasteiger partial charge is 0.391 e. The predicted octanol–water partition coefficient (Wildman–Crippen LogP) is 1.46. The lowest BCUT2D eigenvalue weighted by atomic mass is 10.1. The number of amides is 2. The van der Waals surface area contributed by atoms with Gasteiger partial charge in [-0.15, -0.1) is 11.7 Å². The monoisotopic (exact) mass is 340 g/mol. The second-order valence-electron chi connectivity index (χ2n) is 4.57. The van der Waals surface area contributed by atoms with Crippen LogP contribution in [0.5, 0.6) is 0 Å². The lowest BCUT2D eigenvalue weighted by molar-refractivity contribution is -0.133. The average Bonchev–Trinajstić information content (AvgIpc) is 2.41. The first-order chi connectivity index (χ1) is 9.92. The number of nitrogens with one attached hydrogen (secondary N) is 2. The van der Waals surface area contributed by atoms with Gasteiger partial charge in [0, 0.05) is 5.56 Å². The smallest absolute Gasteiger partial charge is 0.268 e. The van der Waals surface area contributed by atoms with Crippen LogP contribution in [0.1, 0.15) is 17.3 Å². The molecule has 124 valence electrons. The molecule has 0 saturated carbocycles. The lowest BCUT2D eigenvalue weighted by Crippen LogP contribution is -2.51. The highest BCUT2D eigenvalue weighted by Gasteiger charge is 2.30. The van der Waals surface area contributed by atoms with Gasteiger partial charge in [-0.1, -0.05) is 0 Å². The first-order valence-electron chi connectivity index (χ1n) is 5.91. The average molecular weight is 340 g/mol. The summed E-state index contributed by atoms with van der Waals surface area (Å²) in [5.41, 5.74) is 1.13. The maximum atomic E-state index is 13.1. The topological polar surface area (TPSA) is 98.7 Å². The molecule has 0 fully saturated rings. The molecule has 6 nitrogen and oxygen atoms in total. The van der Waals surface area contributed by atoms with E-state index in [1.165, 1.54) is 12.4 Å². The summed E-state index contributed by atoms with van der Waals surface area (Å²) in [6, 6.07) is 1.84. The molecule has 22 heavy (non-hydrogen) atoms. The van der Waals surface area contributed by atoms with Gasteiger partial charge < -0.3 is 10.4 Å². The molecule has 10 heteroatoms. The second kappa shape index (κ2) is 6.07. The van der Waals surface area contributed by atoms with Crippen LogP contribution in [0.25, 0.3) is 0 Å². The zero-order valence-electron chi connectivity index (χ0n) is 11.4. The van der Waals surface area contributed by atoms with Crippen molar-refractivity contribution in [1.82, 2.24) is 10.8 Å². The third-order valence-corrected chi connectivity index (χ3v) is 3.85. The second-order valence-corrected chi connectivity index (χ2v) is 6.80. The summed E-state index contributed by atoms with van der Waals surface area (Å²) in [6.07, 6.45) is -1.32. The molecule has 0 bridgehead atoms. The van der Waals surface area contributed by atoms with Gasteiger partial charge in [-0.2, -0.15) is 0 Å². The van der Waals surface area contributed by atoms with E-state index in [2.05, 4.69) is 11.2 Å². The lowest BCUT2D eigenvalue weighted by Gasteiger charge is -2.21. The fourth-order valence-corrected chi connectivity index (χ4v) is 2.19. The summed E-state index contributed by atoms with van der Waals surface area (Å²) in [7, 11) is -6.40. The van der Waals surface area contributed by atoms with Crippen LogP contribution in [0.4, 0.5) is 11.7 Å². The molecular weight excluding hydrogens is 325 g/mol. The molecule has 1 aromatic rings. The standard InChI is InChI=1S/C12H15F3N2O4S/c1-7(18)10(12(20)17-21)16-11(19)8-3-5-9(6-4-8)22(2,13,14)15/h3-7,10,18,21H,2H2,1H3,(H,16,19)(H,17,20)/t7-,10+/m1/s1. The Bertz CT molecular complexity index is 631. The Kier molecular flexibility index (Phi) is 5.00. The highest BCUT2D eigenvalue weighted by atomic mass is 32.4. The van der Waals surface area contributed by atoms with Crippen LogP contribution in [0.15, 0.2) is 29.2 Å². The number of benzene rings is 1. The van der Waals surface area contributed by atoms with Crippen LogP contribution in [0.3, 0.4) is 0 Å². The normalized spacial score (nSPS) is 16.0. The minimum atomic E-state index is -6.40. The van der Waals surface area contributed by atoms with E-state index in [1.54, 1.807) is 0 Å². The number of hydroxylamine groups is 1. The maximum absolute atomic E-state index is 13.1. The zero-order chi connectivity index (χ0) is 17.2. The third-order valence-electron chi connectivity index (χ3n) is 2.71. The van der Waals surface area contributed by atoms with E-state index < -0.39 is 38.8 Å². The molecule has 0 saturated heterocycles. The van der Waals surface area contributed by atoms with Gasteiger partial charge in [0.15, 0.2) is 9.91 Å². The van der Waals surface area contributed by atoms with Gasteiger partial charge >= 0.3 is 0 Å². The first kappa shape index (κ1) is 18.1. The fraction of sp³-hybridized carbons (Fsp3) is 0.250. The predicted molar refractivity (Wildman–Crippen MR) is 75.6 cm³/mol. The van der Waals surface area contributed by atoms with Gasteiger partial charge in [-0.3, -0.25) is 14.8 Å². The number of hydrogen-bond donors (Lipinski definition) is 4. The van der Waals surface area contributed by atoms with Crippen molar-refractivity contribution in [2.75, 3.05) is 0 Å². The molecular formula is C12H15F3N2O4S. The van der Waals surface area contributed by atoms with Crippen molar-refractivity contribution in [3.8, 4) is 0 Å². The Hall–Kier alpha value is -1.91. The number of aliphatic hydroxyl groups is 1. The van der Waals surface area contributed by atoms with Gasteiger partial charge in [-0.25, -0.2) is 5.48 Å². The Labute approximate surface area is 124 Å². The van der Waals surface area contributed by atoms with Crippen LogP contribution < -0.4 is 10.8 Å². The molecule has 2 atom stereocenters. The minimum absolute atomic E-state index is 0.142. The van der Waals surface area contributed by atoms with Crippen LogP contribution >= 0.6 is 9.91 Å². The van der Waals surface area contributed by atoms with E-state index in [9.17, 15) is 26.4 Å². The third kappa shape index (κ3) is 4.55. The van der Waals surface area contributed by atoms with E-state index in [1.807, 2.05) is 0 Å². The van der Waals surface area contributed by atoms with Crippen molar-refractivity contribution in [3.63, 3.8) is 0 Å².